The Kier molecular flexibility index (Phi) is 4.90. The van der Waals surface area contributed by atoms with Crippen molar-refractivity contribution in [2.45, 2.75) is 26.3 Å². The van der Waals surface area contributed by atoms with Crippen molar-refractivity contribution in [2.75, 3.05) is 26.2 Å². The number of piperazine rings is 1. The second-order valence-electron chi connectivity index (χ2n) is 5.73. The number of nitrogens with one attached hydrogen (secondary N) is 1. The molecule has 1 amide bonds. The third kappa shape index (κ3) is 3.56. The summed E-state index contributed by atoms with van der Waals surface area (Å²) in [6.07, 6.45) is 1.99. The quantitative estimate of drug-likeness (QED) is 0.921. The van der Waals surface area contributed by atoms with Gasteiger partial charge in [-0.1, -0.05) is 13.3 Å². The van der Waals surface area contributed by atoms with Crippen molar-refractivity contribution in [2.24, 2.45) is 0 Å². The van der Waals surface area contributed by atoms with E-state index in [4.69, 9.17) is 0 Å². The molecule has 0 aromatic carbocycles. The van der Waals surface area contributed by atoms with Gasteiger partial charge in [0.25, 0.3) is 5.91 Å². The van der Waals surface area contributed by atoms with Crippen LogP contribution in [0.2, 0.25) is 0 Å². The third-order valence-corrected chi connectivity index (χ3v) is 4.75. The van der Waals surface area contributed by atoms with Crippen LogP contribution in [0, 0.1) is 0 Å². The van der Waals surface area contributed by atoms with E-state index in [-0.39, 0.29) is 5.91 Å². The summed E-state index contributed by atoms with van der Waals surface area (Å²) in [5, 5.41) is 11.4. The molecule has 0 unspecified atom stereocenters. The fourth-order valence-corrected chi connectivity index (χ4v) is 3.44. The van der Waals surface area contributed by atoms with Crippen molar-refractivity contribution in [1.82, 2.24) is 20.0 Å². The van der Waals surface area contributed by atoms with Gasteiger partial charge in [-0.15, -0.1) is 0 Å². The number of nitrogens with zero attached hydrogens (tertiary/aromatic N) is 3. The van der Waals surface area contributed by atoms with Crippen molar-refractivity contribution >= 4 is 17.2 Å². The van der Waals surface area contributed by atoms with Crippen LogP contribution in [0.1, 0.15) is 35.1 Å². The van der Waals surface area contributed by atoms with E-state index in [1.54, 1.807) is 11.3 Å². The molecule has 6 heteroatoms. The summed E-state index contributed by atoms with van der Waals surface area (Å²) in [6.45, 7) is 6.50. The van der Waals surface area contributed by atoms with Crippen LogP contribution >= 0.6 is 11.3 Å². The van der Waals surface area contributed by atoms with E-state index < -0.39 is 0 Å². The fourth-order valence-electron chi connectivity index (χ4n) is 2.78. The van der Waals surface area contributed by atoms with E-state index in [2.05, 4.69) is 38.8 Å². The molecule has 2 aromatic heterocycles. The molecule has 22 heavy (non-hydrogen) atoms. The average molecular weight is 318 g/mol. The molecule has 0 aliphatic carbocycles. The zero-order chi connectivity index (χ0) is 15.4. The highest BCUT2D eigenvalue weighted by Gasteiger charge is 2.23. The van der Waals surface area contributed by atoms with Crippen LogP contribution in [-0.2, 0) is 13.0 Å². The van der Waals surface area contributed by atoms with E-state index >= 15 is 0 Å². The summed E-state index contributed by atoms with van der Waals surface area (Å²) in [7, 11) is 0. The van der Waals surface area contributed by atoms with Crippen LogP contribution < -0.4 is 0 Å². The summed E-state index contributed by atoms with van der Waals surface area (Å²) < 4.78 is 0. The van der Waals surface area contributed by atoms with Crippen LogP contribution in [0.25, 0.3) is 0 Å². The SMILES string of the molecule is CCCc1cc(C(=O)N2CCN(Cc3ccsc3)CC2)n[nH]1. The summed E-state index contributed by atoms with van der Waals surface area (Å²) in [4.78, 5) is 16.8. The number of amides is 1. The third-order valence-electron chi connectivity index (χ3n) is 4.02. The highest BCUT2D eigenvalue weighted by Crippen LogP contribution is 2.13. The minimum Gasteiger partial charge on any atom is -0.335 e. The Morgan fingerprint density at radius 2 is 2.18 bits per heavy atom. The van der Waals surface area contributed by atoms with Crippen molar-refractivity contribution in [3.8, 4) is 0 Å². The molecule has 0 bridgehead atoms. The molecule has 1 fully saturated rings. The Morgan fingerprint density at radius 1 is 1.36 bits per heavy atom. The molecule has 1 aliphatic rings. The maximum Gasteiger partial charge on any atom is 0.274 e. The van der Waals surface area contributed by atoms with Gasteiger partial charge in [-0.3, -0.25) is 14.8 Å². The number of thiophene rings is 1. The Balaban J connectivity index is 1.52. The minimum atomic E-state index is 0.0498. The second kappa shape index (κ2) is 7.07. The number of aromatic amines is 1. The van der Waals surface area contributed by atoms with Gasteiger partial charge in [-0.2, -0.15) is 16.4 Å². The van der Waals surface area contributed by atoms with Gasteiger partial charge in [0.15, 0.2) is 0 Å². The Hall–Kier alpha value is -1.66. The zero-order valence-electron chi connectivity index (χ0n) is 12.9. The van der Waals surface area contributed by atoms with E-state index in [0.717, 1.165) is 51.3 Å². The molecule has 1 aliphatic heterocycles. The molecule has 118 valence electrons. The fraction of sp³-hybridized carbons (Fsp3) is 0.500. The molecular formula is C16H22N4OS. The molecule has 1 saturated heterocycles. The van der Waals surface area contributed by atoms with Crippen LogP contribution in [0.5, 0.6) is 0 Å². The van der Waals surface area contributed by atoms with Gasteiger partial charge in [-0.25, -0.2) is 0 Å². The van der Waals surface area contributed by atoms with E-state index in [1.165, 1.54) is 5.56 Å². The van der Waals surface area contributed by atoms with Crippen LogP contribution in [-0.4, -0.2) is 52.1 Å². The number of H-pyrrole nitrogens is 1. The predicted molar refractivity (Wildman–Crippen MR) is 88.1 cm³/mol. The number of carbonyl (C=O) groups is 1. The normalized spacial score (nSPS) is 16.1. The monoisotopic (exact) mass is 318 g/mol. The van der Waals surface area contributed by atoms with Crippen LogP contribution in [0.4, 0.5) is 0 Å². The van der Waals surface area contributed by atoms with Gasteiger partial charge in [0.2, 0.25) is 0 Å². The molecule has 1 N–H and O–H groups in total. The molecular weight excluding hydrogens is 296 g/mol. The maximum absolute atomic E-state index is 12.5. The first kappa shape index (κ1) is 15.2. The molecule has 3 rings (SSSR count). The number of rotatable bonds is 5. The lowest BCUT2D eigenvalue weighted by Gasteiger charge is -2.34. The lowest BCUT2D eigenvalue weighted by atomic mass is 10.2. The van der Waals surface area contributed by atoms with E-state index in [1.807, 2.05) is 11.0 Å². The van der Waals surface area contributed by atoms with Crippen molar-refractivity contribution in [3.05, 3.63) is 39.8 Å². The lowest BCUT2D eigenvalue weighted by Crippen LogP contribution is -2.48. The maximum atomic E-state index is 12.5. The summed E-state index contributed by atoms with van der Waals surface area (Å²) in [5.41, 5.74) is 2.96. The molecule has 0 radical (unpaired) electrons. The van der Waals surface area contributed by atoms with Gasteiger partial charge < -0.3 is 4.90 Å². The van der Waals surface area contributed by atoms with Crippen molar-refractivity contribution in [1.29, 1.82) is 0 Å². The summed E-state index contributed by atoms with van der Waals surface area (Å²) >= 11 is 1.73. The lowest BCUT2D eigenvalue weighted by molar-refractivity contribution is 0.0623. The van der Waals surface area contributed by atoms with E-state index in [0.29, 0.717) is 5.69 Å². The van der Waals surface area contributed by atoms with Gasteiger partial charge in [0.05, 0.1) is 0 Å². The molecule has 2 aromatic rings. The average Bonchev–Trinajstić information content (AvgIpc) is 3.20. The first-order valence-electron chi connectivity index (χ1n) is 7.83. The Bertz CT molecular complexity index is 599. The van der Waals surface area contributed by atoms with Crippen molar-refractivity contribution < 1.29 is 4.79 Å². The number of aryl methyl sites for hydroxylation is 1. The number of hydrogen-bond donors (Lipinski definition) is 1. The molecule has 5 nitrogen and oxygen atoms in total. The van der Waals surface area contributed by atoms with Gasteiger partial charge in [0.1, 0.15) is 5.69 Å². The summed E-state index contributed by atoms with van der Waals surface area (Å²) in [6, 6.07) is 4.06. The first-order valence-corrected chi connectivity index (χ1v) is 8.77. The second-order valence-corrected chi connectivity index (χ2v) is 6.51. The topological polar surface area (TPSA) is 52.2 Å². The molecule has 0 spiro atoms. The highest BCUT2D eigenvalue weighted by atomic mass is 32.1. The Morgan fingerprint density at radius 3 is 2.86 bits per heavy atom. The standard InChI is InChI=1S/C16H22N4OS/c1-2-3-14-10-15(18-17-14)16(21)20-7-5-19(6-8-20)11-13-4-9-22-12-13/h4,9-10,12H,2-3,5-8,11H2,1H3,(H,17,18). The smallest absolute Gasteiger partial charge is 0.274 e. The van der Waals surface area contributed by atoms with Gasteiger partial charge in [-0.05, 0) is 34.9 Å². The first-order chi connectivity index (χ1) is 10.8. The van der Waals surface area contributed by atoms with Crippen LogP contribution in [0.3, 0.4) is 0 Å². The summed E-state index contributed by atoms with van der Waals surface area (Å²) in [5.74, 6) is 0.0498. The molecule has 3 heterocycles. The largest absolute Gasteiger partial charge is 0.335 e. The highest BCUT2D eigenvalue weighted by molar-refractivity contribution is 7.07. The minimum absolute atomic E-state index is 0.0498. The van der Waals surface area contributed by atoms with Gasteiger partial charge >= 0.3 is 0 Å². The number of aromatic nitrogens is 2. The zero-order valence-corrected chi connectivity index (χ0v) is 13.7. The number of hydrogen-bond acceptors (Lipinski definition) is 4. The van der Waals surface area contributed by atoms with Gasteiger partial charge in [0, 0.05) is 38.4 Å². The molecule has 0 saturated carbocycles. The van der Waals surface area contributed by atoms with Crippen molar-refractivity contribution in [3.63, 3.8) is 0 Å². The predicted octanol–water partition coefficient (Wildman–Crippen LogP) is 2.38. The Labute approximate surface area is 134 Å². The number of carbonyl (C=O) groups excluding carboxylic acids is 1. The van der Waals surface area contributed by atoms with Crippen LogP contribution in [0.15, 0.2) is 22.9 Å². The molecule has 0 atom stereocenters. The van der Waals surface area contributed by atoms with E-state index in [9.17, 15) is 4.79 Å².